The lowest BCUT2D eigenvalue weighted by Gasteiger charge is -2.14. The third kappa shape index (κ3) is 2.02. The predicted molar refractivity (Wildman–Crippen MR) is 76.5 cm³/mol. The number of carbonyl (C=O) groups is 3. The number of pyridine rings is 1. The van der Waals surface area contributed by atoms with Gasteiger partial charge in [0.1, 0.15) is 5.56 Å². The Morgan fingerprint density at radius 1 is 1.14 bits per heavy atom. The highest BCUT2D eigenvalue weighted by Gasteiger charge is 2.39. The van der Waals surface area contributed by atoms with Gasteiger partial charge in [-0.05, 0) is 30.3 Å². The summed E-state index contributed by atoms with van der Waals surface area (Å²) in [5, 5.41) is 9.16. The molecular formula is C14H7BrN2O4. The second-order valence-electron chi connectivity index (χ2n) is 4.32. The number of aromatic nitrogens is 1. The van der Waals surface area contributed by atoms with Gasteiger partial charge in [0.15, 0.2) is 5.82 Å². The Labute approximate surface area is 127 Å². The summed E-state index contributed by atoms with van der Waals surface area (Å²) in [5.74, 6) is -2.59. The number of benzene rings is 1. The number of fused-ring (bicyclic) bond motifs is 1. The van der Waals surface area contributed by atoms with Gasteiger partial charge in [0.05, 0.1) is 11.1 Å². The quantitative estimate of drug-likeness (QED) is 0.843. The second-order valence-corrected chi connectivity index (χ2v) is 5.23. The number of amides is 2. The number of nitrogens with zero attached hydrogens (tertiary/aromatic N) is 2. The molecule has 1 aliphatic rings. The van der Waals surface area contributed by atoms with Crippen LogP contribution in [-0.2, 0) is 0 Å². The van der Waals surface area contributed by atoms with Crippen LogP contribution in [0.1, 0.15) is 31.1 Å². The highest BCUT2D eigenvalue weighted by Crippen LogP contribution is 2.30. The molecule has 21 heavy (non-hydrogen) atoms. The van der Waals surface area contributed by atoms with Crippen LogP contribution < -0.4 is 4.90 Å². The van der Waals surface area contributed by atoms with Gasteiger partial charge in [0.2, 0.25) is 0 Å². The van der Waals surface area contributed by atoms with Crippen LogP contribution in [0.15, 0.2) is 41.0 Å². The van der Waals surface area contributed by atoms with Crippen LogP contribution in [0.2, 0.25) is 0 Å². The molecule has 0 spiro atoms. The Hall–Kier alpha value is -2.54. The standard InChI is InChI=1S/C14H7BrN2O4/c15-7-3-4-8-10(6-7)13(19)17(12(8)18)11-9(14(20)21)2-1-5-16-11/h1-6H,(H,20,21). The molecule has 0 unspecified atom stereocenters. The van der Waals surface area contributed by atoms with E-state index in [1.165, 1.54) is 30.5 Å². The lowest BCUT2D eigenvalue weighted by Crippen LogP contribution is -2.31. The van der Waals surface area contributed by atoms with Gasteiger partial charge in [-0.1, -0.05) is 15.9 Å². The van der Waals surface area contributed by atoms with E-state index in [1.54, 1.807) is 6.07 Å². The number of rotatable bonds is 2. The van der Waals surface area contributed by atoms with Gasteiger partial charge in [-0.15, -0.1) is 0 Å². The summed E-state index contributed by atoms with van der Waals surface area (Å²) < 4.78 is 0.656. The van der Waals surface area contributed by atoms with Gasteiger partial charge in [-0.2, -0.15) is 0 Å². The van der Waals surface area contributed by atoms with Gasteiger partial charge in [0, 0.05) is 10.7 Å². The van der Waals surface area contributed by atoms with Crippen molar-refractivity contribution >= 4 is 39.5 Å². The van der Waals surface area contributed by atoms with Gasteiger partial charge in [-0.3, -0.25) is 9.59 Å². The number of imide groups is 1. The van der Waals surface area contributed by atoms with Crippen molar-refractivity contribution in [3.8, 4) is 0 Å². The largest absolute Gasteiger partial charge is 0.478 e. The van der Waals surface area contributed by atoms with Crippen molar-refractivity contribution in [2.24, 2.45) is 0 Å². The van der Waals surface area contributed by atoms with Crippen LogP contribution in [-0.4, -0.2) is 27.9 Å². The topological polar surface area (TPSA) is 87.6 Å². The molecule has 1 aliphatic heterocycles. The molecule has 1 aromatic heterocycles. The fourth-order valence-electron chi connectivity index (χ4n) is 2.15. The minimum Gasteiger partial charge on any atom is -0.478 e. The molecule has 0 radical (unpaired) electrons. The van der Waals surface area contributed by atoms with E-state index in [0.717, 1.165) is 4.90 Å². The van der Waals surface area contributed by atoms with Crippen molar-refractivity contribution in [3.63, 3.8) is 0 Å². The number of aromatic carboxylic acids is 1. The molecule has 0 saturated heterocycles. The van der Waals surface area contributed by atoms with Crippen molar-refractivity contribution in [1.82, 2.24) is 4.98 Å². The smallest absolute Gasteiger partial charge is 0.339 e. The lowest BCUT2D eigenvalue weighted by atomic mass is 10.1. The molecule has 1 aromatic carbocycles. The molecule has 2 amide bonds. The zero-order chi connectivity index (χ0) is 15.1. The maximum absolute atomic E-state index is 12.4. The van der Waals surface area contributed by atoms with Crippen molar-refractivity contribution < 1.29 is 19.5 Å². The number of carbonyl (C=O) groups excluding carboxylic acids is 2. The molecule has 2 aromatic rings. The number of hydrogen-bond donors (Lipinski definition) is 1. The summed E-state index contributed by atoms with van der Waals surface area (Å²) in [6.07, 6.45) is 1.33. The molecule has 7 heteroatoms. The number of anilines is 1. The van der Waals surface area contributed by atoms with Crippen LogP contribution in [0.4, 0.5) is 5.82 Å². The van der Waals surface area contributed by atoms with E-state index in [2.05, 4.69) is 20.9 Å². The summed E-state index contributed by atoms with van der Waals surface area (Å²) >= 11 is 3.23. The van der Waals surface area contributed by atoms with Gasteiger partial charge < -0.3 is 5.11 Å². The van der Waals surface area contributed by atoms with E-state index < -0.39 is 17.8 Å². The molecule has 2 heterocycles. The monoisotopic (exact) mass is 346 g/mol. The Bertz CT molecular complexity index is 803. The van der Waals surface area contributed by atoms with E-state index in [0.29, 0.717) is 4.47 Å². The number of halogens is 1. The summed E-state index contributed by atoms with van der Waals surface area (Å²) in [5.41, 5.74) is 0.243. The van der Waals surface area contributed by atoms with Crippen molar-refractivity contribution in [2.45, 2.75) is 0 Å². The summed E-state index contributed by atoms with van der Waals surface area (Å²) in [7, 11) is 0. The zero-order valence-corrected chi connectivity index (χ0v) is 12.0. The summed E-state index contributed by atoms with van der Waals surface area (Å²) in [6, 6.07) is 7.41. The molecular weight excluding hydrogens is 340 g/mol. The Morgan fingerprint density at radius 2 is 1.86 bits per heavy atom. The fourth-order valence-corrected chi connectivity index (χ4v) is 2.51. The van der Waals surface area contributed by atoms with E-state index in [-0.39, 0.29) is 22.5 Å². The second kappa shape index (κ2) is 4.78. The predicted octanol–water partition coefficient (Wildman–Crippen LogP) is 2.34. The lowest BCUT2D eigenvalue weighted by molar-refractivity contribution is 0.0697. The first kappa shape index (κ1) is 13.4. The molecule has 104 valence electrons. The van der Waals surface area contributed by atoms with Gasteiger partial charge in [-0.25, -0.2) is 14.7 Å². The van der Waals surface area contributed by atoms with Crippen molar-refractivity contribution in [1.29, 1.82) is 0 Å². The molecule has 6 nitrogen and oxygen atoms in total. The highest BCUT2D eigenvalue weighted by atomic mass is 79.9. The minimum atomic E-state index is -1.25. The van der Waals surface area contributed by atoms with Gasteiger partial charge >= 0.3 is 5.97 Å². The molecule has 0 atom stereocenters. The molecule has 0 aliphatic carbocycles. The van der Waals surface area contributed by atoms with E-state index >= 15 is 0 Å². The number of carboxylic acids is 1. The zero-order valence-electron chi connectivity index (χ0n) is 10.4. The molecule has 0 bridgehead atoms. The third-order valence-corrected chi connectivity index (χ3v) is 3.57. The normalized spacial score (nSPS) is 13.5. The first-order chi connectivity index (χ1) is 10.0. The van der Waals surface area contributed by atoms with Crippen molar-refractivity contribution in [2.75, 3.05) is 4.90 Å². The van der Waals surface area contributed by atoms with E-state index in [1.807, 2.05) is 0 Å². The summed E-state index contributed by atoms with van der Waals surface area (Å²) in [6.45, 7) is 0. The maximum Gasteiger partial charge on any atom is 0.339 e. The maximum atomic E-state index is 12.4. The van der Waals surface area contributed by atoms with Crippen LogP contribution >= 0.6 is 15.9 Å². The number of carboxylic acid groups (broad SMARTS) is 1. The average molecular weight is 347 g/mol. The summed E-state index contributed by atoms with van der Waals surface area (Å²) in [4.78, 5) is 40.6. The first-order valence-electron chi connectivity index (χ1n) is 5.87. The molecule has 1 N–H and O–H groups in total. The van der Waals surface area contributed by atoms with Crippen LogP contribution in [0, 0.1) is 0 Å². The van der Waals surface area contributed by atoms with Crippen LogP contribution in [0.3, 0.4) is 0 Å². The molecule has 0 saturated carbocycles. The van der Waals surface area contributed by atoms with E-state index in [4.69, 9.17) is 5.11 Å². The first-order valence-corrected chi connectivity index (χ1v) is 6.66. The Kier molecular flexibility index (Phi) is 3.06. The fraction of sp³-hybridized carbons (Fsp3) is 0. The molecule has 0 fully saturated rings. The number of hydrogen-bond acceptors (Lipinski definition) is 4. The third-order valence-electron chi connectivity index (χ3n) is 3.08. The van der Waals surface area contributed by atoms with Crippen LogP contribution in [0.5, 0.6) is 0 Å². The van der Waals surface area contributed by atoms with Crippen LogP contribution in [0.25, 0.3) is 0 Å². The van der Waals surface area contributed by atoms with Crippen molar-refractivity contribution in [3.05, 3.63) is 57.7 Å². The SMILES string of the molecule is O=C(O)c1cccnc1N1C(=O)c2ccc(Br)cc2C1=O. The average Bonchev–Trinajstić information content (AvgIpc) is 2.70. The Morgan fingerprint density at radius 3 is 2.57 bits per heavy atom. The Balaban J connectivity index is 2.17. The van der Waals surface area contributed by atoms with Gasteiger partial charge in [0.25, 0.3) is 11.8 Å². The highest BCUT2D eigenvalue weighted by molar-refractivity contribution is 9.10. The molecule has 3 rings (SSSR count). The van der Waals surface area contributed by atoms with E-state index in [9.17, 15) is 14.4 Å². The minimum absolute atomic E-state index is 0.174.